The number of hydrogen-bond donors (Lipinski definition) is 1. The van der Waals surface area contributed by atoms with Gasteiger partial charge >= 0.3 is 6.18 Å². The third kappa shape index (κ3) is 6.19. The van der Waals surface area contributed by atoms with Gasteiger partial charge in [-0.15, -0.1) is 0 Å². The lowest BCUT2D eigenvalue weighted by atomic mass is 10.2. The Balaban J connectivity index is 2.02. The van der Waals surface area contributed by atoms with Crippen LogP contribution in [-0.4, -0.2) is 28.0 Å². The van der Waals surface area contributed by atoms with Crippen LogP contribution in [0.15, 0.2) is 65.6 Å². The highest BCUT2D eigenvalue weighted by atomic mass is 35.5. The highest BCUT2D eigenvalue weighted by molar-refractivity contribution is 7.92. The second kappa shape index (κ2) is 10.3. The van der Waals surface area contributed by atoms with Gasteiger partial charge in [-0.2, -0.15) is 13.2 Å². The summed E-state index contributed by atoms with van der Waals surface area (Å²) in [5.41, 5.74) is -0.560. The molecule has 0 aliphatic rings. The van der Waals surface area contributed by atoms with Crippen molar-refractivity contribution in [2.45, 2.75) is 18.0 Å². The lowest BCUT2D eigenvalue weighted by Gasteiger charge is -2.26. The second-order valence-corrected chi connectivity index (χ2v) is 10.1. The summed E-state index contributed by atoms with van der Waals surface area (Å²) < 4.78 is 72.6. The second-order valence-electron chi connectivity index (χ2n) is 7.38. The summed E-state index contributed by atoms with van der Waals surface area (Å²) in [6.07, 6.45) is -4.74. The SMILES string of the molecule is COc1ccc(Cl)cc1N(CC(=O)Nc1ccc(Cl)c(C(F)(F)F)c1)S(=O)(=O)c1ccc(C)cc1. The van der Waals surface area contributed by atoms with Crippen LogP contribution in [-0.2, 0) is 21.0 Å². The highest BCUT2D eigenvalue weighted by Crippen LogP contribution is 2.37. The fourth-order valence-electron chi connectivity index (χ4n) is 3.15. The highest BCUT2D eigenvalue weighted by Gasteiger charge is 2.34. The van der Waals surface area contributed by atoms with E-state index in [4.69, 9.17) is 27.9 Å². The van der Waals surface area contributed by atoms with Crippen molar-refractivity contribution in [3.05, 3.63) is 81.8 Å². The van der Waals surface area contributed by atoms with Crippen molar-refractivity contribution in [2.75, 3.05) is 23.3 Å². The van der Waals surface area contributed by atoms with Crippen molar-refractivity contribution < 1.29 is 31.1 Å². The zero-order valence-electron chi connectivity index (χ0n) is 18.4. The van der Waals surface area contributed by atoms with Crippen molar-refractivity contribution in [1.82, 2.24) is 0 Å². The minimum Gasteiger partial charge on any atom is -0.495 e. The van der Waals surface area contributed by atoms with Crippen molar-refractivity contribution in [3.63, 3.8) is 0 Å². The molecule has 0 saturated heterocycles. The molecule has 3 rings (SSSR count). The van der Waals surface area contributed by atoms with E-state index in [-0.39, 0.29) is 27.0 Å². The van der Waals surface area contributed by atoms with E-state index >= 15 is 0 Å². The lowest BCUT2D eigenvalue weighted by molar-refractivity contribution is -0.137. The zero-order valence-corrected chi connectivity index (χ0v) is 20.7. The number of alkyl halides is 3. The van der Waals surface area contributed by atoms with Crippen LogP contribution in [0.2, 0.25) is 10.0 Å². The summed E-state index contributed by atoms with van der Waals surface area (Å²) in [5.74, 6) is -0.790. The Kier molecular flexibility index (Phi) is 7.88. The number of nitrogens with one attached hydrogen (secondary N) is 1. The summed E-state index contributed by atoms with van der Waals surface area (Å²) in [7, 11) is -3.00. The molecule has 1 amide bonds. The molecule has 0 heterocycles. The largest absolute Gasteiger partial charge is 0.495 e. The van der Waals surface area contributed by atoms with Crippen LogP contribution in [0.1, 0.15) is 11.1 Å². The Bertz CT molecular complexity index is 1350. The van der Waals surface area contributed by atoms with Gasteiger partial charge in [0.15, 0.2) is 0 Å². The van der Waals surface area contributed by atoms with Gasteiger partial charge in [-0.3, -0.25) is 9.10 Å². The van der Waals surface area contributed by atoms with Gasteiger partial charge in [0.2, 0.25) is 5.91 Å². The molecule has 0 fully saturated rings. The molecule has 12 heteroatoms. The molecule has 186 valence electrons. The minimum absolute atomic E-state index is 0.0252. The zero-order chi connectivity index (χ0) is 26.0. The number of benzene rings is 3. The monoisotopic (exact) mass is 546 g/mol. The lowest BCUT2D eigenvalue weighted by Crippen LogP contribution is -2.38. The van der Waals surface area contributed by atoms with Gasteiger partial charge in [-0.05, 0) is 55.5 Å². The van der Waals surface area contributed by atoms with Crippen LogP contribution in [0, 0.1) is 6.92 Å². The number of methoxy groups -OCH3 is 1. The first-order valence-corrected chi connectivity index (χ1v) is 12.1. The van der Waals surface area contributed by atoms with Gasteiger partial charge in [0.1, 0.15) is 12.3 Å². The number of sulfonamides is 1. The Labute approximate surface area is 210 Å². The Hall–Kier alpha value is -2.95. The fraction of sp³-hybridized carbons (Fsp3) is 0.174. The van der Waals surface area contributed by atoms with Gasteiger partial charge in [-0.25, -0.2) is 8.42 Å². The van der Waals surface area contributed by atoms with Crippen molar-refractivity contribution >= 4 is 50.5 Å². The number of carbonyl (C=O) groups is 1. The summed E-state index contributed by atoms with van der Waals surface area (Å²) in [5, 5.41) is 1.93. The van der Waals surface area contributed by atoms with Crippen LogP contribution in [0.3, 0.4) is 0 Å². The van der Waals surface area contributed by atoms with E-state index in [2.05, 4.69) is 5.32 Å². The van der Waals surface area contributed by atoms with Crippen molar-refractivity contribution in [2.24, 2.45) is 0 Å². The molecular formula is C23H19Cl2F3N2O4S. The van der Waals surface area contributed by atoms with E-state index in [9.17, 15) is 26.4 Å². The van der Waals surface area contributed by atoms with Crippen LogP contribution >= 0.6 is 23.2 Å². The summed E-state index contributed by atoms with van der Waals surface area (Å²) in [6, 6.07) is 13.0. The number of aryl methyl sites for hydroxylation is 1. The molecule has 1 N–H and O–H groups in total. The molecule has 0 spiro atoms. The molecule has 3 aromatic carbocycles. The summed E-state index contributed by atoms with van der Waals surface area (Å²) in [4.78, 5) is 12.7. The van der Waals surface area contributed by atoms with E-state index in [0.29, 0.717) is 6.07 Å². The maximum Gasteiger partial charge on any atom is 0.417 e. The summed E-state index contributed by atoms with van der Waals surface area (Å²) in [6.45, 7) is 1.000. The first kappa shape index (κ1) is 26.7. The first-order chi connectivity index (χ1) is 16.3. The van der Waals surface area contributed by atoms with E-state index in [1.54, 1.807) is 19.1 Å². The Morgan fingerprint density at radius 3 is 2.29 bits per heavy atom. The molecule has 0 saturated carbocycles. The topological polar surface area (TPSA) is 75.7 Å². The average molecular weight is 547 g/mol. The van der Waals surface area contributed by atoms with Crippen molar-refractivity contribution in [3.8, 4) is 5.75 Å². The van der Waals surface area contributed by atoms with Crippen LogP contribution in [0.4, 0.5) is 24.5 Å². The third-order valence-electron chi connectivity index (χ3n) is 4.86. The molecular weight excluding hydrogens is 528 g/mol. The van der Waals surface area contributed by atoms with E-state index in [1.807, 2.05) is 0 Å². The third-order valence-corrected chi connectivity index (χ3v) is 7.20. The number of hydrogen-bond acceptors (Lipinski definition) is 4. The fourth-order valence-corrected chi connectivity index (χ4v) is 4.96. The minimum atomic E-state index is -4.74. The number of carbonyl (C=O) groups excluding carboxylic acids is 1. The van der Waals surface area contributed by atoms with E-state index < -0.39 is 39.2 Å². The quantitative estimate of drug-likeness (QED) is 0.385. The number of rotatable bonds is 7. The van der Waals surface area contributed by atoms with Crippen LogP contribution in [0.5, 0.6) is 5.75 Å². The van der Waals surface area contributed by atoms with Crippen LogP contribution < -0.4 is 14.4 Å². The van der Waals surface area contributed by atoms with Gasteiger partial charge < -0.3 is 10.1 Å². The number of nitrogens with zero attached hydrogens (tertiary/aromatic N) is 1. The Morgan fingerprint density at radius 2 is 1.69 bits per heavy atom. The smallest absolute Gasteiger partial charge is 0.417 e. The van der Waals surface area contributed by atoms with Gasteiger partial charge in [0.05, 0.1) is 28.3 Å². The maximum atomic E-state index is 13.5. The molecule has 0 atom stereocenters. The predicted molar refractivity (Wildman–Crippen MR) is 129 cm³/mol. The number of ether oxygens (including phenoxy) is 1. The number of anilines is 2. The molecule has 6 nitrogen and oxygen atoms in total. The molecule has 0 aliphatic carbocycles. The average Bonchev–Trinajstić information content (AvgIpc) is 2.78. The van der Waals surface area contributed by atoms with Gasteiger partial charge in [0.25, 0.3) is 10.0 Å². The summed E-state index contributed by atoms with van der Waals surface area (Å²) >= 11 is 11.7. The molecule has 0 unspecified atom stereocenters. The number of halogens is 5. The van der Waals surface area contributed by atoms with Crippen molar-refractivity contribution in [1.29, 1.82) is 0 Å². The van der Waals surface area contributed by atoms with Gasteiger partial charge in [-0.1, -0.05) is 40.9 Å². The molecule has 35 heavy (non-hydrogen) atoms. The number of amides is 1. The van der Waals surface area contributed by atoms with Gasteiger partial charge in [0, 0.05) is 10.7 Å². The molecule has 0 radical (unpaired) electrons. The molecule has 0 aromatic heterocycles. The molecule has 0 aliphatic heterocycles. The van der Waals surface area contributed by atoms with Crippen LogP contribution in [0.25, 0.3) is 0 Å². The standard InChI is InChI=1S/C23H19Cl2F3N2O4S/c1-14-3-7-17(8-4-14)35(32,33)30(20-11-15(24)5-10-21(20)34-2)13-22(31)29-16-6-9-19(25)18(12-16)23(26,27)28/h3-12H,13H2,1-2H3,(H,29,31). The maximum absolute atomic E-state index is 13.5. The Morgan fingerprint density at radius 1 is 1.03 bits per heavy atom. The van der Waals surface area contributed by atoms with E-state index in [1.165, 1.54) is 43.5 Å². The molecule has 3 aromatic rings. The molecule has 0 bridgehead atoms. The first-order valence-electron chi connectivity index (χ1n) is 9.92. The predicted octanol–water partition coefficient (Wildman–Crippen LogP) is 6.16. The normalized spacial score (nSPS) is 11.7. The van der Waals surface area contributed by atoms with E-state index in [0.717, 1.165) is 15.9 Å².